The molecule has 0 fully saturated rings. The van der Waals surface area contributed by atoms with Crippen LogP contribution in [-0.4, -0.2) is 46.4 Å². The lowest BCUT2D eigenvalue weighted by molar-refractivity contribution is -0.742. The first kappa shape index (κ1) is 24.6. The second-order valence-corrected chi connectivity index (χ2v) is 9.13. The monoisotopic (exact) mass is 489 g/mol. The molecule has 0 spiro atoms. The van der Waals surface area contributed by atoms with Crippen molar-refractivity contribution in [2.24, 2.45) is 4.99 Å². The fourth-order valence-electron chi connectivity index (χ4n) is 2.95. The Morgan fingerprint density at radius 1 is 1.17 bits per heavy atom. The minimum atomic E-state index is -1.50. The van der Waals surface area contributed by atoms with Gasteiger partial charge in [-0.25, -0.2) is 0 Å². The molecule has 0 saturated carbocycles. The number of thioether (sulfide) groups is 1. The molecule has 10 heteroatoms. The van der Waals surface area contributed by atoms with E-state index in [9.17, 15) is 0 Å². The Hall–Kier alpha value is -1.67. The molecule has 1 unspecified atom stereocenters. The predicted molar refractivity (Wildman–Crippen MR) is 124 cm³/mol. The molecule has 1 aliphatic rings. The van der Waals surface area contributed by atoms with Gasteiger partial charge in [0.1, 0.15) is 0 Å². The van der Waals surface area contributed by atoms with Gasteiger partial charge in [0.15, 0.2) is 0 Å². The number of hydrogen-bond donors (Lipinski definition) is 1. The van der Waals surface area contributed by atoms with Crippen LogP contribution >= 0.6 is 46.6 Å². The number of aliphatic imine (C=N–C) groups is 1. The van der Waals surface area contributed by atoms with E-state index in [1.54, 1.807) is 11.8 Å². The smallest absolute Gasteiger partial charge is 0.291 e. The van der Waals surface area contributed by atoms with E-state index in [4.69, 9.17) is 50.1 Å². The Morgan fingerprint density at radius 2 is 1.80 bits per heavy atom. The van der Waals surface area contributed by atoms with Crippen molar-refractivity contribution in [3.63, 3.8) is 0 Å². The van der Waals surface area contributed by atoms with Crippen LogP contribution in [0.15, 0.2) is 52.4 Å². The third-order valence-corrected chi connectivity index (χ3v) is 6.81. The molecule has 0 bridgehead atoms. The number of aryl methyl sites for hydroxylation is 1. The molecule has 1 heterocycles. The highest BCUT2D eigenvalue weighted by Gasteiger charge is 2.18. The Bertz CT molecular complexity index is 829. The van der Waals surface area contributed by atoms with Crippen molar-refractivity contribution in [1.82, 2.24) is 4.90 Å². The third kappa shape index (κ3) is 9.00. The highest BCUT2D eigenvalue weighted by Crippen LogP contribution is 2.38. The fraction of sp³-hybridized carbons (Fsp3) is 0.350. The van der Waals surface area contributed by atoms with Gasteiger partial charge in [0, 0.05) is 28.3 Å². The van der Waals surface area contributed by atoms with Crippen LogP contribution in [0, 0.1) is 10.1 Å². The number of benzene rings is 2. The SMILES string of the molecule is Clc1ccc(CCCC(CN2C=NCC2)Sc2c(Cl)cccc2Cl)cc1.O=[N+]([O-])O. The van der Waals surface area contributed by atoms with Crippen molar-refractivity contribution < 1.29 is 10.3 Å². The molecule has 0 saturated heterocycles. The number of hydrogen-bond acceptors (Lipinski definition) is 5. The summed E-state index contributed by atoms with van der Waals surface area (Å²) in [4.78, 5) is 15.9. The third-order valence-electron chi connectivity index (χ3n) is 4.31. The maximum absolute atomic E-state index is 8.36. The van der Waals surface area contributed by atoms with Crippen LogP contribution < -0.4 is 0 Å². The Kier molecular flexibility index (Phi) is 10.6. The van der Waals surface area contributed by atoms with Gasteiger partial charge in [0.05, 0.1) is 22.9 Å². The van der Waals surface area contributed by atoms with Gasteiger partial charge in [-0.1, -0.05) is 53.0 Å². The first-order chi connectivity index (χ1) is 14.3. The maximum Gasteiger partial charge on any atom is 0.291 e. The van der Waals surface area contributed by atoms with Crippen LogP contribution in [0.4, 0.5) is 0 Å². The minimum Gasteiger partial charge on any atom is -0.360 e. The van der Waals surface area contributed by atoms with Gasteiger partial charge in [0.25, 0.3) is 5.09 Å². The quantitative estimate of drug-likeness (QED) is 0.274. The highest BCUT2D eigenvalue weighted by atomic mass is 35.5. The zero-order chi connectivity index (χ0) is 21.9. The number of rotatable bonds is 8. The molecule has 0 radical (unpaired) electrons. The normalized spacial score (nSPS) is 13.6. The van der Waals surface area contributed by atoms with Crippen molar-refractivity contribution in [3.8, 4) is 0 Å². The summed E-state index contributed by atoms with van der Waals surface area (Å²) in [6.07, 6.45) is 5.19. The van der Waals surface area contributed by atoms with Gasteiger partial charge in [-0.05, 0) is 49.1 Å². The van der Waals surface area contributed by atoms with E-state index >= 15 is 0 Å². The van der Waals surface area contributed by atoms with E-state index in [1.165, 1.54) is 5.56 Å². The predicted octanol–water partition coefficient (Wildman–Crippen LogP) is 6.13. The average molecular weight is 491 g/mol. The largest absolute Gasteiger partial charge is 0.360 e. The molecule has 162 valence electrons. The summed E-state index contributed by atoms with van der Waals surface area (Å²) in [5.41, 5.74) is 1.32. The van der Waals surface area contributed by atoms with E-state index in [0.29, 0.717) is 5.25 Å². The molecule has 2 aromatic rings. The van der Waals surface area contributed by atoms with Crippen molar-refractivity contribution in [2.75, 3.05) is 19.6 Å². The molecular formula is C20H22Cl3N3O3S. The average Bonchev–Trinajstić information content (AvgIpc) is 3.19. The molecular weight excluding hydrogens is 469 g/mol. The first-order valence-electron chi connectivity index (χ1n) is 9.27. The molecule has 3 rings (SSSR count). The summed E-state index contributed by atoms with van der Waals surface area (Å²) in [5.74, 6) is 0. The lowest BCUT2D eigenvalue weighted by Crippen LogP contribution is -2.28. The fourth-order valence-corrected chi connectivity index (χ4v) is 4.99. The first-order valence-corrected chi connectivity index (χ1v) is 11.3. The Morgan fingerprint density at radius 3 is 2.37 bits per heavy atom. The van der Waals surface area contributed by atoms with E-state index in [1.807, 2.05) is 36.7 Å². The van der Waals surface area contributed by atoms with Crippen molar-refractivity contribution in [1.29, 1.82) is 0 Å². The van der Waals surface area contributed by atoms with Crippen LogP contribution in [0.1, 0.15) is 18.4 Å². The molecule has 1 N–H and O–H groups in total. The van der Waals surface area contributed by atoms with Crippen LogP contribution in [0.5, 0.6) is 0 Å². The van der Waals surface area contributed by atoms with Gasteiger partial charge < -0.3 is 10.1 Å². The number of nitrogens with zero attached hydrogens (tertiary/aromatic N) is 3. The molecule has 0 amide bonds. The molecule has 1 atom stereocenters. The standard InChI is InChI=1S/C20H21Cl3N2S.HNO3/c21-16-9-7-15(8-10-16)3-1-4-17(13-25-12-11-24-14-25)26-20-18(22)5-2-6-19(20)23;2-1(3)4/h2,5-10,14,17H,1,3-4,11-13H2;(H,2,3,4). The Balaban J connectivity index is 0.000000735. The van der Waals surface area contributed by atoms with Crippen molar-refractivity contribution in [2.45, 2.75) is 29.4 Å². The van der Waals surface area contributed by atoms with E-state index in [-0.39, 0.29) is 0 Å². The second kappa shape index (κ2) is 12.9. The maximum atomic E-state index is 8.36. The topological polar surface area (TPSA) is 79.0 Å². The van der Waals surface area contributed by atoms with E-state index < -0.39 is 5.09 Å². The van der Waals surface area contributed by atoms with Gasteiger partial charge in [-0.3, -0.25) is 4.99 Å². The van der Waals surface area contributed by atoms with Gasteiger partial charge in [0.2, 0.25) is 0 Å². The lowest BCUT2D eigenvalue weighted by Gasteiger charge is -2.23. The summed E-state index contributed by atoms with van der Waals surface area (Å²) < 4.78 is 0. The summed E-state index contributed by atoms with van der Waals surface area (Å²) in [6.45, 7) is 2.83. The molecule has 30 heavy (non-hydrogen) atoms. The Labute approximate surface area is 194 Å². The summed E-state index contributed by atoms with van der Waals surface area (Å²) in [7, 11) is 0. The van der Waals surface area contributed by atoms with Gasteiger partial charge >= 0.3 is 0 Å². The molecule has 1 aliphatic heterocycles. The summed E-state index contributed by atoms with van der Waals surface area (Å²) in [5, 5.41) is 16.3. The van der Waals surface area contributed by atoms with Crippen LogP contribution in [-0.2, 0) is 6.42 Å². The van der Waals surface area contributed by atoms with Crippen LogP contribution in [0.2, 0.25) is 15.1 Å². The second-order valence-electron chi connectivity index (χ2n) is 6.56. The molecule has 0 aliphatic carbocycles. The van der Waals surface area contributed by atoms with Crippen LogP contribution in [0.25, 0.3) is 0 Å². The summed E-state index contributed by atoms with van der Waals surface area (Å²) in [6, 6.07) is 13.8. The zero-order valence-electron chi connectivity index (χ0n) is 16.1. The zero-order valence-corrected chi connectivity index (χ0v) is 19.2. The van der Waals surface area contributed by atoms with Crippen molar-refractivity contribution >= 4 is 52.9 Å². The van der Waals surface area contributed by atoms with Gasteiger partial charge in [-0.2, -0.15) is 0 Å². The lowest BCUT2D eigenvalue weighted by atomic mass is 10.1. The minimum absolute atomic E-state index is 0.407. The molecule has 2 aromatic carbocycles. The van der Waals surface area contributed by atoms with Gasteiger partial charge in [-0.15, -0.1) is 21.9 Å². The van der Waals surface area contributed by atoms with Crippen LogP contribution in [0.3, 0.4) is 0 Å². The molecule has 0 aromatic heterocycles. The van der Waals surface area contributed by atoms with Crippen molar-refractivity contribution in [3.05, 3.63) is 73.2 Å². The highest BCUT2D eigenvalue weighted by molar-refractivity contribution is 8.00. The summed E-state index contributed by atoms with van der Waals surface area (Å²) >= 11 is 20.5. The van der Waals surface area contributed by atoms with E-state index in [2.05, 4.69) is 22.0 Å². The molecule has 6 nitrogen and oxygen atoms in total. The number of halogens is 3. The van der Waals surface area contributed by atoms with E-state index in [0.717, 1.165) is 58.9 Å².